The Kier molecular flexibility index (Phi) is 8.45. The first kappa shape index (κ1) is 29.1. The van der Waals surface area contributed by atoms with Crippen molar-refractivity contribution in [2.75, 3.05) is 19.3 Å². The monoisotopic (exact) mass is 560 g/mol. The van der Waals surface area contributed by atoms with E-state index in [9.17, 15) is 34.8 Å². The summed E-state index contributed by atoms with van der Waals surface area (Å²) in [7, 11) is -7.70. The van der Waals surface area contributed by atoms with Crippen molar-refractivity contribution < 1.29 is 34.8 Å². The number of carbonyl (C=O) groups excluding carboxylic acids is 1. The van der Waals surface area contributed by atoms with Crippen LogP contribution in [0.4, 0.5) is 13.2 Å². The molecule has 2 aromatic rings. The van der Waals surface area contributed by atoms with E-state index in [-0.39, 0.29) is 30.3 Å². The molecular formula is C25H31F3N2O5S2. The number of sulfonamides is 1. The lowest BCUT2D eigenvalue weighted by Gasteiger charge is -2.40. The van der Waals surface area contributed by atoms with Crippen LogP contribution in [0.2, 0.25) is 0 Å². The van der Waals surface area contributed by atoms with E-state index in [0.717, 1.165) is 18.4 Å². The molecule has 0 unspecified atom stereocenters. The van der Waals surface area contributed by atoms with Gasteiger partial charge in [-0.1, -0.05) is 36.4 Å². The molecule has 0 bridgehead atoms. The summed E-state index contributed by atoms with van der Waals surface area (Å²) in [5.74, 6) is -0.669. The second kappa shape index (κ2) is 10.7. The summed E-state index contributed by atoms with van der Waals surface area (Å²) < 4.78 is 91.0. The molecule has 0 radical (unpaired) electrons. The van der Waals surface area contributed by atoms with Crippen LogP contribution in [0.3, 0.4) is 0 Å². The molecule has 1 fully saturated rings. The zero-order chi connectivity index (χ0) is 27.6. The second-order valence-corrected chi connectivity index (χ2v) is 14.2. The molecule has 7 nitrogen and oxygen atoms in total. The minimum absolute atomic E-state index is 0.103. The molecular weight excluding hydrogens is 529 g/mol. The van der Waals surface area contributed by atoms with Gasteiger partial charge >= 0.3 is 6.18 Å². The van der Waals surface area contributed by atoms with E-state index in [1.54, 1.807) is 35.2 Å². The average Bonchev–Trinajstić information content (AvgIpc) is 2.83. The van der Waals surface area contributed by atoms with Crippen molar-refractivity contribution >= 4 is 25.8 Å². The third-order valence-electron chi connectivity index (χ3n) is 6.93. The van der Waals surface area contributed by atoms with Crippen molar-refractivity contribution in [2.24, 2.45) is 5.92 Å². The van der Waals surface area contributed by atoms with Crippen molar-refractivity contribution in [2.45, 2.75) is 55.0 Å². The van der Waals surface area contributed by atoms with E-state index in [1.165, 1.54) is 19.9 Å². The number of nitrogens with zero attached hydrogens (tertiary/aromatic N) is 1. The van der Waals surface area contributed by atoms with Crippen LogP contribution in [-0.4, -0.2) is 51.7 Å². The lowest BCUT2D eigenvalue weighted by Crippen LogP contribution is -2.48. The van der Waals surface area contributed by atoms with E-state index >= 15 is 0 Å². The Balaban J connectivity index is 1.71. The number of halogens is 3. The molecule has 0 spiro atoms. The molecule has 204 valence electrons. The van der Waals surface area contributed by atoms with Gasteiger partial charge in [-0.2, -0.15) is 13.2 Å². The molecule has 12 heteroatoms. The standard InChI is InChI=1S/C25H31F3N2O5S2/c1-24(2,37(34,35)21-11-7-10-20(16-21)25(26,27)28)19-12-14-30(15-13-19)23(31)17-22(29-36(3,32)33)18-8-5-4-6-9-18/h4-11,16,19,22,29H,12-15,17H2,1-3H3/t22-/m1/s1. The summed E-state index contributed by atoms with van der Waals surface area (Å²) in [6, 6.07) is 11.7. The number of carbonyl (C=O) groups is 1. The van der Waals surface area contributed by atoms with Gasteiger partial charge in [-0.3, -0.25) is 4.79 Å². The fraction of sp³-hybridized carbons (Fsp3) is 0.480. The summed E-state index contributed by atoms with van der Waals surface area (Å²) in [4.78, 5) is 14.2. The summed E-state index contributed by atoms with van der Waals surface area (Å²) in [6.07, 6.45) is -3.07. The quantitative estimate of drug-likeness (QED) is 0.522. The molecule has 1 saturated heterocycles. The van der Waals surface area contributed by atoms with Gasteiger partial charge in [0.25, 0.3) is 0 Å². The highest BCUT2D eigenvalue weighted by molar-refractivity contribution is 7.92. The number of likely N-dealkylation sites (tertiary alicyclic amines) is 1. The van der Waals surface area contributed by atoms with E-state index in [0.29, 0.717) is 24.5 Å². The molecule has 37 heavy (non-hydrogen) atoms. The highest BCUT2D eigenvalue weighted by atomic mass is 32.2. The molecule has 1 atom stereocenters. The molecule has 1 heterocycles. The summed E-state index contributed by atoms with van der Waals surface area (Å²) >= 11 is 0. The summed E-state index contributed by atoms with van der Waals surface area (Å²) in [5.41, 5.74) is -0.384. The van der Waals surface area contributed by atoms with Crippen LogP contribution in [0, 0.1) is 5.92 Å². The van der Waals surface area contributed by atoms with Crippen LogP contribution in [0.15, 0.2) is 59.5 Å². The molecule has 0 saturated carbocycles. The smallest absolute Gasteiger partial charge is 0.343 e. The van der Waals surface area contributed by atoms with Gasteiger partial charge in [0.05, 0.1) is 27.5 Å². The Morgan fingerprint density at radius 2 is 1.59 bits per heavy atom. The van der Waals surface area contributed by atoms with Crippen molar-refractivity contribution in [3.05, 3.63) is 65.7 Å². The fourth-order valence-corrected chi connectivity index (χ4v) is 7.22. The van der Waals surface area contributed by atoms with E-state index in [2.05, 4.69) is 4.72 Å². The minimum atomic E-state index is -4.66. The van der Waals surface area contributed by atoms with Crippen LogP contribution in [0.25, 0.3) is 0 Å². The lowest BCUT2D eigenvalue weighted by molar-refractivity contribution is -0.137. The number of benzene rings is 2. The van der Waals surface area contributed by atoms with Crippen molar-refractivity contribution in [1.82, 2.24) is 9.62 Å². The number of sulfone groups is 1. The van der Waals surface area contributed by atoms with E-state index in [1.807, 2.05) is 0 Å². The van der Waals surface area contributed by atoms with Crippen LogP contribution in [0.5, 0.6) is 0 Å². The maximum Gasteiger partial charge on any atom is 0.416 e. The number of alkyl halides is 3. The largest absolute Gasteiger partial charge is 0.416 e. The maximum absolute atomic E-state index is 13.4. The van der Waals surface area contributed by atoms with Crippen LogP contribution in [0.1, 0.15) is 50.3 Å². The van der Waals surface area contributed by atoms with Gasteiger partial charge in [-0.25, -0.2) is 21.6 Å². The molecule has 3 rings (SSSR count). The lowest BCUT2D eigenvalue weighted by atomic mass is 9.85. The van der Waals surface area contributed by atoms with E-state index < -0.39 is 48.3 Å². The first-order valence-electron chi connectivity index (χ1n) is 11.7. The van der Waals surface area contributed by atoms with Gasteiger partial charge in [0.2, 0.25) is 15.9 Å². The van der Waals surface area contributed by atoms with Crippen LogP contribution >= 0.6 is 0 Å². The molecule has 1 aliphatic heterocycles. The zero-order valence-corrected chi connectivity index (χ0v) is 22.5. The Hall–Kier alpha value is -2.44. The average molecular weight is 561 g/mol. The van der Waals surface area contributed by atoms with Crippen molar-refractivity contribution in [3.63, 3.8) is 0 Å². The maximum atomic E-state index is 13.4. The Morgan fingerprint density at radius 3 is 2.14 bits per heavy atom. The van der Waals surface area contributed by atoms with Crippen molar-refractivity contribution in [1.29, 1.82) is 0 Å². The SMILES string of the molecule is CC(C)(C1CCN(C(=O)C[C@@H](NS(C)(=O)=O)c2ccccc2)CC1)S(=O)(=O)c1cccc(C(F)(F)F)c1. The molecule has 2 aromatic carbocycles. The first-order chi connectivity index (χ1) is 17.0. The topological polar surface area (TPSA) is 101 Å². The highest BCUT2D eigenvalue weighted by Crippen LogP contribution is 2.39. The molecule has 0 aromatic heterocycles. The van der Waals surface area contributed by atoms with Gasteiger partial charge in [0.1, 0.15) is 0 Å². The zero-order valence-electron chi connectivity index (χ0n) is 20.8. The van der Waals surface area contributed by atoms with Crippen LogP contribution in [-0.2, 0) is 30.8 Å². The van der Waals surface area contributed by atoms with Crippen LogP contribution < -0.4 is 4.72 Å². The minimum Gasteiger partial charge on any atom is -0.343 e. The normalized spacial score (nSPS) is 17.0. The van der Waals surface area contributed by atoms with Gasteiger partial charge in [-0.15, -0.1) is 0 Å². The molecule has 1 amide bonds. The summed E-state index contributed by atoms with van der Waals surface area (Å²) in [6.45, 7) is 3.52. The second-order valence-electron chi connectivity index (χ2n) is 9.84. The Labute approximate surface area is 216 Å². The fourth-order valence-electron chi connectivity index (χ4n) is 4.66. The number of rotatable bonds is 8. The predicted octanol–water partition coefficient (Wildman–Crippen LogP) is 4.18. The van der Waals surface area contributed by atoms with Gasteiger partial charge in [0.15, 0.2) is 9.84 Å². The van der Waals surface area contributed by atoms with Gasteiger partial charge < -0.3 is 4.90 Å². The Morgan fingerprint density at radius 1 is 1.00 bits per heavy atom. The molecule has 1 N–H and O–H groups in total. The van der Waals surface area contributed by atoms with Gasteiger partial charge in [0, 0.05) is 19.5 Å². The number of hydrogen-bond donors (Lipinski definition) is 1. The Bertz CT molecular complexity index is 1320. The van der Waals surface area contributed by atoms with Gasteiger partial charge in [-0.05, 0) is 56.4 Å². The number of piperidine rings is 1. The molecule has 0 aliphatic carbocycles. The number of amides is 1. The van der Waals surface area contributed by atoms with E-state index in [4.69, 9.17) is 0 Å². The third-order valence-corrected chi connectivity index (χ3v) is 10.2. The predicted molar refractivity (Wildman–Crippen MR) is 134 cm³/mol. The summed E-state index contributed by atoms with van der Waals surface area (Å²) in [5, 5.41) is 0. The first-order valence-corrected chi connectivity index (χ1v) is 15.1. The number of hydrogen-bond acceptors (Lipinski definition) is 5. The third kappa shape index (κ3) is 6.91. The molecule has 1 aliphatic rings. The number of nitrogens with one attached hydrogen (secondary N) is 1. The highest BCUT2D eigenvalue weighted by Gasteiger charge is 2.45. The van der Waals surface area contributed by atoms with Crippen molar-refractivity contribution in [3.8, 4) is 0 Å².